The lowest BCUT2D eigenvalue weighted by molar-refractivity contribution is 0.0241. The molecule has 0 aromatic heterocycles. The molecule has 1 rings (SSSR count). The standard InChI is InChI=1S/C20H35N3O3/c1-8-21-19(23-14-18(26-7)20(2,3)4)22-12-11-15-9-10-16(24-5)17(13-15)25-6/h9-10,13,18H,8,11-12,14H2,1-7H3,(H2,21,22,23). The monoisotopic (exact) mass is 365 g/mol. The third-order valence-corrected chi connectivity index (χ3v) is 4.16. The van der Waals surface area contributed by atoms with Crippen LogP contribution in [0.3, 0.4) is 0 Å². The second-order valence-electron chi connectivity index (χ2n) is 7.18. The first-order valence-electron chi connectivity index (χ1n) is 9.11. The number of ether oxygens (including phenoxy) is 3. The Kier molecular flexibility index (Phi) is 9.27. The molecular weight excluding hydrogens is 330 g/mol. The van der Waals surface area contributed by atoms with Crippen LogP contribution in [-0.2, 0) is 11.2 Å². The Morgan fingerprint density at radius 1 is 1.08 bits per heavy atom. The Hall–Kier alpha value is -1.95. The molecule has 0 bridgehead atoms. The second kappa shape index (κ2) is 10.9. The first kappa shape index (κ1) is 22.1. The Labute approximate surface area is 158 Å². The van der Waals surface area contributed by atoms with Crippen LogP contribution in [0.1, 0.15) is 33.3 Å². The molecule has 0 saturated carbocycles. The molecule has 2 N–H and O–H groups in total. The Morgan fingerprint density at radius 3 is 2.31 bits per heavy atom. The Bertz CT molecular complexity index is 568. The van der Waals surface area contributed by atoms with E-state index in [0.717, 1.165) is 37.0 Å². The van der Waals surface area contributed by atoms with Crippen molar-refractivity contribution in [1.82, 2.24) is 10.6 Å². The molecule has 0 aliphatic carbocycles. The average Bonchev–Trinajstić information content (AvgIpc) is 2.60. The Balaban J connectivity index is 2.64. The molecule has 1 aromatic carbocycles. The third-order valence-electron chi connectivity index (χ3n) is 4.16. The number of rotatable bonds is 9. The van der Waals surface area contributed by atoms with Crippen LogP contribution < -0.4 is 20.1 Å². The zero-order valence-corrected chi connectivity index (χ0v) is 17.3. The summed E-state index contributed by atoms with van der Waals surface area (Å²) in [6.07, 6.45) is 0.932. The second-order valence-corrected chi connectivity index (χ2v) is 7.18. The van der Waals surface area contributed by atoms with Crippen LogP contribution >= 0.6 is 0 Å². The van der Waals surface area contributed by atoms with E-state index < -0.39 is 0 Å². The SMILES string of the molecule is CCNC(=NCC(OC)C(C)(C)C)NCCc1ccc(OC)c(OC)c1. The lowest BCUT2D eigenvalue weighted by Gasteiger charge is -2.28. The number of aliphatic imine (C=N–C) groups is 1. The van der Waals surface area contributed by atoms with Crippen molar-refractivity contribution in [3.63, 3.8) is 0 Å². The van der Waals surface area contributed by atoms with Crippen LogP contribution in [0.4, 0.5) is 0 Å². The van der Waals surface area contributed by atoms with Crippen LogP contribution in [0.15, 0.2) is 23.2 Å². The van der Waals surface area contributed by atoms with E-state index in [1.54, 1.807) is 21.3 Å². The van der Waals surface area contributed by atoms with Gasteiger partial charge in [-0.25, -0.2) is 0 Å². The van der Waals surface area contributed by atoms with Gasteiger partial charge in [-0.2, -0.15) is 0 Å². The lowest BCUT2D eigenvalue weighted by Crippen LogP contribution is -2.40. The first-order valence-corrected chi connectivity index (χ1v) is 9.11. The molecule has 26 heavy (non-hydrogen) atoms. The molecule has 0 saturated heterocycles. The van der Waals surface area contributed by atoms with E-state index in [9.17, 15) is 0 Å². The van der Waals surface area contributed by atoms with Gasteiger partial charge >= 0.3 is 0 Å². The molecular formula is C20H35N3O3. The van der Waals surface area contributed by atoms with Crippen LogP contribution in [0.5, 0.6) is 11.5 Å². The molecule has 0 amide bonds. The van der Waals surface area contributed by atoms with E-state index in [1.165, 1.54) is 5.56 Å². The fourth-order valence-corrected chi connectivity index (χ4v) is 2.58. The quantitative estimate of drug-likeness (QED) is 0.520. The van der Waals surface area contributed by atoms with Crippen molar-refractivity contribution in [2.45, 2.75) is 40.2 Å². The minimum Gasteiger partial charge on any atom is -0.493 e. The number of methoxy groups -OCH3 is 3. The molecule has 0 radical (unpaired) electrons. The molecule has 0 fully saturated rings. The summed E-state index contributed by atoms with van der Waals surface area (Å²) < 4.78 is 16.2. The number of nitrogens with zero attached hydrogens (tertiary/aromatic N) is 1. The summed E-state index contributed by atoms with van der Waals surface area (Å²) in [7, 11) is 5.03. The van der Waals surface area contributed by atoms with Crippen molar-refractivity contribution in [1.29, 1.82) is 0 Å². The van der Waals surface area contributed by atoms with Crippen LogP contribution in [0.2, 0.25) is 0 Å². The van der Waals surface area contributed by atoms with Gasteiger partial charge in [-0.1, -0.05) is 26.8 Å². The topological polar surface area (TPSA) is 64.1 Å². The zero-order chi connectivity index (χ0) is 19.6. The van der Waals surface area contributed by atoms with E-state index in [4.69, 9.17) is 14.2 Å². The van der Waals surface area contributed by atoms with E-state index in [0.29, 0.717) is 6.54 Å². The van der Waals surface area contributed by atoms with Gasteiger partial charge in [0.25, 0.3) is 0 Å². The highest BCUT2D eigenvalue weighted by Gasteiger charge is 2.24. The number of hydrogen-bond acceptors (Lipinski definition) is 4. The molecule has 148 valence electrons. The summed E-state index contributed by atoms with van der Waals surface area (Å²) in [5.74, 6) is 2.30. The van der Waals surface area contributed by atoms with E-state index in [1.807, 2.05) is 18.2 Å². The largest absolute Gasteiger partial charge is 0.493 e. The van der Waals surface area contributed by atoms with Crippen molar-refractivity contribution in [2.75, 3.05) is 41.0 Å². The fraction of sp³-hybridized carbons (Fsp3) is 0.650. The fourth-order valence-electron chi connectivity index (χ4n) is 2.58. The zero-order valence-electron chi connectivity index (χ0n) is 17.3. The van der Waals surface area contributed by atoms with Crippen molar-refractivity contribution in [2.24, 2.45) is 10.4 Å². The van der Waals surface area contributed by atoms with Gasteiger partial charge in [-0.05, 0) is 36.5 Å². The predicted octanol–water partition coefficient (Wildman–Crippen LogP) is 2.86. The molecule has 6 heteroatoms. The van der Waals surface area contributed by atoms with E-state index in [2.05, 4.69) is 43.3 Å². The molecule has 0 heterocycles. The number of hydrogen-bond donors (Lipinski definition) is 2. The van der Waals surface area contributed by atoms with Gasteiger partial charge in [-0.3, -0.25) is 4.99 Å². The smallest absolute Gasteiger partial charge is 0.191 e. The van der Waals surface area contributed by atoms with Crippen LogP contribution in [0.25, 0.3) is 0 Å². The highest BCUT2D eigenvalue weighted by atomic mass is 16.5. The molecule has 1 unspecified atom stereocenters. The molecule has 1 aromatic rings. The minimum absolute atomic E-state index is 0.0508. The van der Waals surface area contributed by atoms with Gasteiger partial charge in [0.2, 0.25) is 0 Å². The summed E-state index contributed by atoms with van der Waals surface area (Å²) in [6.45, 7) is 10.7. The molecule has 0 aliphatic heterocycles. The summed E-state index contributed by atoms with van der Waals surface area (Å²) in [5.41, 5.74) is 1.23. The highest BCUT2D eigenvalue weighted by Crippen LogP contribution is 2.27. The predicted molar refractivity (Wildman–Crippen MR) is 107 cm³/mol. The average molecular weight is 366 g/mol. The van der Waals surface area contributed by atoms with Crippen molar-refractivity contribution >= 4 is 5.96 Å². The molecule has 6 nitrogen and oxygen atoms in total. The van der Waals surface area contributed by atoms with E-state index >= 15 is 0 Å². The maximum absolute atomic E-state index is 5.58. The first-order chi connectivity index (χ1) is 12.3. The normalized spacial score (nSPS) is 13.3. The number of nitrogens with one attached hydrogen (secondary N) is 2. The molecule has 0 aliphatic rings. The van der Waals surface area contributed by atoms with Crippen molar-refractivity contribution in [3.8, 4) is 11.5 Å². The summed E-state index contributed by atoms with van der Waals surface area (Å²) >= 11 is 0. The van der Waals surface area contributed by atoms with Gasteiger partial charge in [0.1, 0.15) is 0 Å². The number of guanidine groups is 1. The third kappa shape index (κ3) is 7.12. The van der Waals surface area contributed by atoms with Gasteiger partial charge in [0.05, 0.1) is 26.9 Å². The van der Waals surface area contributed by atoms with Gasteiger partial charge in [0, 0.05) is 20.2 Å². The molecule has 0 spiro atoms. The summed E-state index contributed by atoms with van der Waals surface area (Å²) in [5, 5.41) is 6.66. The lowest BCUT2D eigenvalue weighted by atomic mass is 9.89. The summed E-state index contributed by atoms with van der Waals surface area (Å²) in [6, 6.07) is 5.98. The highest BCUT2D eigenvalue weighted by molar-refractivity contribution is 5.79. The van der Waals surface area contributed by atoms with Crippen LogP contribution in [0, 0.1) is 5.41 Å². The maximum atomic E-state index is 5.58. The van der Waals surface area contributed by atoms with Crippen molar-refractivity contribution in [3.05, 3.63) is 23.8 Å². The Morgan fingerprint density at radius 2 is 1.77 bits per heavy atom. The summed E-state index contributed by atoms with van der Waals surface area (Å²) in [4.78, 5) is 4.67. The van der Waals surface area contributed by atoms with Gasteiger partial charge in [-0.15, -0.1) is 0 Å². The van der Waals surface area contributed by atoms with E-state index in [-0.39, 0.29) is 11.5 Å². The van der Waals surface area contributed by atoms with Crippen LogP contribution in [-0.4, -0.2) is 53.0 Å². The van der Waals surface area contributed by atoms with Gasteiger partial charge in [0.15, 0.2) is 17.5 Å². The maximum Gasteiger partial charge on any atom is 0.191 e. The number of benzene rings is 1. The minimum atomic E-state index is 0.0508. The van der Waals surface area contributed by atoms with Gasteiger partial charge < -0.3 is 24.8 Å². The van der Waals surface area contributed by atoms with Crippen molar-refractivity contribution < 1.29 is 14.2 Å². The molecule has 1 atom stereocenters.